The number of carbonyl (C=O) groups excluding carboxylic acids is 1. The number of alkyl halides is 2. The number of benzene rings is 1. The van der Waals surface area contributed by atoms with E-state index in [2.05, 4.69) is 26.2 Å². The molecule has 0 bridgehead atoms. The molecule has 0 radical (unpaired) electrons. The minimum Gasteiger partial charge on any atom is -0.394 e. The molecule has 1 fully saturated rings. The quantitative estimate of drug-likeness (QED) is 0.622. The largest absolute Gasteiger partial charge is 0.394 e. The first-order chi connectivity index (χ1) is 12.3. The second-order valence-electron chi connectivity index (χ2n) is 5.65. The zero-order valence-electron chi connectivity index (χ0n) is 13.3. The van der Waals surface area contributed by atoms with Crippen LogP contribution in [-0.4, -0.2) is 49.1 Å². The second-order valence-corrected chi connectivity index (χ2v) is 6.87. The lowest BCUT2D eigenvalue weighted by atomic mass is 10.1. The van der Waals surface area contributed by atoms with E-state index in [1.165, 1.54) is 12.3 Å². The van der Waals surface area contributed by atoms with Crippen LogP contribution in [0, 0.1) is 0 Å². The van der Waals surface area contributed by atoms with Crippen molar-refractivity contribution in [1.82, 2.24) is 9.55 Å². The fraction of sp³-hybridized carbons (Fsp3) is 0.312. The van der Waals surface area contributed by atoms with Crippen LogP contribution in [0.1, 0.15) is 16.6 Å². The van der Waals surface area contributed by atoms with Crippen LogP contribution in [0.3, 0.4) is 0 Å². The van der Waals surface area contributed by atoms with Crippen molar-refractivity contribution in [1.29, 1.82) is 0 Å². The molecule has 2 heterocycles. The number of nitrogens with one attached hydrogen (secondary N) is 1. The Labute approximate surface area is 155 Å². The lowest BCUT2D eigenvalue weighted by molar-refractivity contribution is -0.0506. The predicted octanol–water partition coefficient (Wildman–Crippen LogP) is 0.807. The first kappa shape index (κ1) is 18.6. The number of rotatable bonds is 4. The van der Waals surface area contributed by atoms with Crippen molar-refractivity contribution in [3.8, 4) is 0 Å². The summed E-state index contributed by atoms with van der Waals surface area (Å²) in [5.74, 6) is -0.472. The number of amides is 1. The first-order valence-electron chi connectivity index (χ1n) is 7.62. The number of ether oxygens (including phenoxy) is 1. The van der Waals surface area contributed by atoms with Crippen molar-refractivity contribution >= 4 is 27.7 Å². The number of aromatic nitrogens is 2. The lowest BCUT2D eigenvalue weighted by Gasteiger charge is -2.23. The maximum Gasteiger partial charge on any atom is 0.351 e. The predicted molar refractivity (Wildman–Crippen MR) is 92.7 cm³/mol. The van der Waals surface area contributed by atoms with Crippen molar-refractivity contribution in [3.05, 3.63) is 58.6 Å². The first-order valence-corrected chi connectivity index (χ1v) is 8.41. The highest BCUT2D eigenvalue weighted by atomic mass is 79.9. The van der Waals surface area contributed by atoms with Crippen LogP contribution in [0.4, 0.5) is 10.2 Å². The fourth-order valence-corrected chi connectivity index (χ4v) is 3.18. The van der Waals surface area contributed by atoms with E-state index in [9.17, 15) is 19.1 Å². The van der Waals surface area contributed by atoms with Crippen molar-refractivity contribution < 1.29 is 24.1 Å². The average molecular weight is 428 g/mol. The highest BCUT2D eigenvalue weighted by Gasteiger charge is 2.56. The van der Waals surface area contributed by atoms with Gasteiger partial charge in [0.1, 0.15) is 18.0 Å². The van der Waals surface area contributed by atoms with Gasteiger partial charge in [0, 0.05) is 11.8 Å². The third-order valence-electron chi connectivity index (χ3n) is 3.92. The van der Waals surface area contributed by atoms with Gasteiger partial charge in [-0.1, -0.05) is 18.2 Å². The molecule has 3 rings (SSSR count). The zero-order chi connectivity index (χ0) is 18.9. The summed E-state index contributed by atoms with van der Waals surface area (Å²) in [6.07, 6.45) is -3.23. The minimum absolute atomic E-state index is 0.0172. The molecule has 0 spiro atoms. The summed E-state index contributed by atoms with van der Waals surface area (Å²) < 4.78 is 18.2. The van der Waals surface area contributed by atoms with E-state index in [0.29, 0.717) is 5.56 Å². The normalized spacial score (nSPS) is 28.1. The van der Waals surface area contributed by atoms with Crippen molar-refractivity contribution in [3.63, 3.8) is 0 Å². The molecular formula is C16H15BrFN3O5. The second kappa shape index (κ2) is 7.23. The van der Waals surface area contributed by atoms with Gasteiger partial charge < -0.3 is 20.3 Å². The molecule has 1 aromatic heterocycles. The molecule has 1 amide bonds. The van der Waals surface area contributed by atoms with Crippen LogP contribution in [0.15, 0.2) is 47.4 Å². The van der Waals surface area contributed by atoms with Gasteiger partial charge in [-0.2, -0.15) is 4.98 Å². The monoisotopic (exact) mass is 427 g/mol. The topological polar surface area (TPSA) is 114 Å². The third kappa shape index (κ3) is 3.40. The van der Waals surface area contributed by atoms with Crippen LogP contribution in [0.5, 0.6) is 0 Å². The smallest absolute Gasteiger partial charge is 0.351 e. The molecule has 138 valence electrons. The Balaban J connectivity index is 1.82. The number of aliphatic hydroxyl groups excluding tert-OH is 2. The van der Waals surface area contributed by atoms with Gasteiger partial charge in [0.25, 0.3) is 5.91 Å². The molecular weight excluding hydrogens is 413 g/mol. The molecule has 1 aliphatic heterocycles. The van der Waals surface area contributed by atoms with E-state index in [0.717, 1.165) is 4.57 Å². The number of nitrogens with zero attached hydrogens (tertiary/aromatic N) is 2. The molecule has 1 aliphatic rings. The van der Waals surface area contributed by atoms with E-state index in [1.807, 2.05) is 0 Å². The Bertz CT molecular complexity index is 860. The van der Waals surface area contributed by atoms with Crippen LogP contribution in [0.2, 0.25) is 0 Å². The van der Waals surface area contributed by atoms with E-state index in [-0.39, 0.29) is 5.82 Å². The van der Waals surface area contributed by atoms with Gasteiger partial charge in [-0.3, -0.25) is 9.36 Å². The number of hydrogen-bond acceptors (Lipinski definition) is 6. The van der Waals surface area contributed by atoms with E-state index < -0.39 is 41.2 Å². The SMILES string of the molecule is O=C(Nc1ccn([C@@H]2O[C@H](CO)[C@@H](O)[C@@]2(F)Br)c(=O)n1)c1ccccc1. The summed E-state index contributed by atoms with van der Waals surface area (Å²) in [6.45, 7) is -0.623. The summed E-state index contributed by atoms with van der Waals surface area (Å²) in [7, 11) is 0. The molecule has 10 heteroatoms. The third-order valence-corrected chi connectivity index (χ3v) is 4.78. The highest BCUT2D eigenvalue weighted by molar-refractivity contribution is 9.10. The molecule has 26 heavy (non-hydrogen) atoms. The molecule has 0 aliphatic carbocycles. The molecule has 1 aromatic carbocycles. The molecule has 0 saturated carbocycles. The Morgan fingerprint density at radius 3 is 2.65 bits per heavy atom. The number of aliphatic hydroxyl groups is 2. The fourth-order valence-electron chi connectivity index (χ4n) is 2.56. The maximum absolute atomic E-state index is 14.7. The van der Waals surface area contributed by atoms with Crippen molar-refractivity contribution in [2.24, 2.45) is 0 Å². The number of halogens is 2. The number of carbonyl (C=O) groups is 1. The Hall–Kier alpha value is -2.14. The number of hydrogen-bond donors (Lipinski definition) is 3. The van der Waals surface area contributed by atoms with Crippen LogP contribution in [0.25, 0.3) is 0 Å². The Morgan fingerprint density at radius 2 is 2.08 bits per heavy atom. The molecule has 1 saturated heterocycles. The van der Waals surface area contributed by atoms with Gasteiger partial charge in [-0.25, -0.2) is 9.18 Å². The van der Waals surface area contributed by atoms with Crippen molar-refractivity contribution in [2.75, 3.05) is 11.9 Å². The van der Waals surface area contributed by atoms with Crippen LogP contribution < -0.4 is 11.0 Å². The number of anilines is 1. The van der Waals surface area contributed by atoms with Crippen molar-refractivity contribution in [2.45, 2.75) is 23.0 Å². The standard InChI is InChI=1S/C16H15BrFN3O5/c17-16(18)12(23)10(8-22)26-14(16)21-7-6-11(20-15(21)25)19-13(24)9-4-2-1-3-5-9/h1-7,10,12,14,22-23H,8H2,(H,19,20,24,25)/t10-,12-,14-,16+/m1/s1. The van der Waals surface area contributed by atoms with Crippen LogP contribution >= 0.6 is 15.9 Å². The summed E-state index contributed by atoms with van der Waals surface area (Å²) in [4.78, 5) is 28.0. The summed E-state index contributed by atoms with van der Waals surface area (Å²) >= 11 is 2.71. The molecule has 0 unspecified atom stereocenters. The minimum atomic E-state index is -2.49. The maximum atomic E-state index is 14.7. The zero-order valence-corrected chi connectivity index (χ0v) is 14.8. The van der Waals surface area contributed by atoms with Gasteiger partial charge in [-0.15, -0.1) is 0 Å². The van der Waals surface area contributed by atoms with Gasteiger partial charge in [0.2, 0.25) is 4.58 Å². The van der Waals surface area contributed by atoms with Crippen LogP contribution in [-0.2, 0) is 4.74 Å². The van der Waals surface area contributed by atoms with Gasteiger partial charge in [0.15, 0.2) is 6.23 Å². The van der Waals surface area contributed by atoms with E-state index in [1.54, 1.807) is 30.3 Å². The Kier molecular flexibility index (Phi) is 5.19. The molecule has 4 atom stereocenters. The van der Waals surface area contributed by atoms with Gasteiger partial charge in [-0.05, 0) is 34.1 Å². The molecule has 8 nitrogen and oxygen atoms in total. The molecule has 2 aromatic rings. The summed E-state index contributed by atoms with van der Waals surface area (Å²) in [6, 6.07) is 9.64. The molecule has 3 N–H and O–H groups in total. The highest BCUT2D eigenvalue weighted by Crippen LogP contribution is 2.45. The summed E-state index contributed by atoms with van der Waals surface area (Å²) in [5.41, 5.74) is -0.511. The average Bonchev–Trinajstić information content (AvgIpc) is 2.85. The van der Waals surface area contributed by atoms with E-state index >= 15 is 0 Å². The summed E-state index contributed by atoms with van der Waals surface area (Å²) in [5, 5.41) is 21.4. The van der Waals surface area contributed by atoms with Gasteiger partial charge in [0.05, 0.1) is 6.61 Å². The Morgan fingerprint density at radius 1 is 1.38 bits per heavy atom. The lowest BCUT2D eigenvalue weighted by Crippen LogP contribution is -2.40. The van der Waals surface area contributed by atoms with E-state index in [4.69, 9.17) is 9.84 Å². The van der Waals surface area contributed by atoms with Gasteiger partial charge >= 0.3 is 5.69 Å².